The smallest absolute Gasteiger partial charge is 0.227 e. The van der Waals surface area contributed by atoms with E-state index < -0.39 is 0 Å². The summed E-state index contributed by atoms with van der Waals surface area (Å²) in [5.74, 6) is 0.0478. The van der Waals surface area contributed by atoms with E-state index in [4.69, 9.17) is 4.74 Å². The molecule has 1 aromatic carbocycles. The first-order chi connectivity index (χ1) is 9.31. The first kappa shape index (κ1) is 14.0. The molecular weight excluding hydrogens is 240 g/mol. The fourth-order valence-electron chi connectivity index (χ4n) is 2.38. The van der Waals surface area contributed by atoms with Crippen LogP contribution in [0.2, 0.25) is 0 Å². The van der Waals surface area contributed by atoms with Crippen LogP contribution in [0, 0.1) is 5.92 Å². The normalized spacial score (nSPS) is 22.4. The van der Waals surface area contributed by atoms with Gasteiger partial charge in [-0.25, -0.2) is 0 Å². The number of nitrogens with one attached hydrogen (secondary N) is 2. The Morgan fingerprint density at radius 2 is 2.11 bits per heavy atom. The number of aryl methyl sites for hydroxylation is 1. The second-order valence-electron chi connectivity index (χ2n) is 4.92. The third-order valence-corrected chi connectivity index (χ3v) is 3.57. The Labute approximate surface area is 114 Å². The quantitative estimate of drug-likeness (QED) is 0.751. The molecule has 1 saturated heterocycles. The Morgan fingerprint density at radius 3 is 2.84 bits per heavy atom. The van der Waals surface area contributed by atoms with Gasteiger partial charge < -0.3 is 15.4 Å². The lowest BCUT2D eigenvalue weighted by Gasteiger charge is -2.16. The van der Waals surface area contributed by atoms with Crippen molar-refractivity contribution < 1.29 is 9.53 Å². The van der Waals surface area contributed by atoms with Crippen molar-refractivity contribution in [3.8, 4) is 0 Å². The lowest BCUT2D eigenvalue weighted by atomic mass is 10.0. The van der Waals surface area contributed by atoms with Crippen LogP contribution in [0.1, 0.15) is 12.0 Å². The zero-order chi connectivity index (χ0) is 13.5. The van der Waals surface area contributed by atoms with Crippen LogP contribution in [-0.2, 0) is 16.0 Å². The summed E-state index contributed by atoms with van der Waals surface area (Å²) in [5.41, 5.74) is 1.31. The summed E-state index contributed by atoms with van der Waals surface area (Å²) in [5, 5.41) is 6.13. The van der Waals surface area contributed by atoms with Gasteiger partial charge in [0.05, 0.1) is 19.1 Å². The van der Waals surface area contributed by atoms with Gasteiger partial charge in [-0.05, 0) is 25.5 Å². The van der Waals surface area contributed by atoms with E-state index in [2.05, 4.69) is 22.8 Å². The Balaban J connectivity index is 1.67. The van der Waals surface area contributed by atoms with E-state index in [1.807, 2.05) is 25.2 Å². The molecule has 2 atom stereocenters. The SMILES string of the molecule is CNC1COCC1C(=O)NCCCc1ccccc1. The highest BCUT2D eigenvalue weighted by Crippen LogP contribution is 2.13. The second-order valence-corrected chi connectivity index (χ2v) is 4.92. The van der Waals surface area contributed by atoms with Crippen molar-refractivity contribution in [3.05, 3.63) is 35.9 Å². The molecule has 0 bridgehead atoms. The molecule has 4 nitrogen and oxygen atoms in total. The molecule has 1 heterocycles. The predicted octanol–water partition coefficient (Wildman–Crippen LogP) is 0.970. The standard InChI is InChI=1S/C15H22N2O2/c1-16-14-11-19-10-13(14)15(18)17-9-5-8-12-6-3-2-4-7-12/h2-4,6-7,13-14,16H,5,8-11H2,1H3,(H,17,18). The molecule has 2 rings (SSSR count). The summed E-state index contributed by atoms with van der Waals surface area (Å²) in [6, 6.07) is 10.5. The lowest BCUT2D eigenvalue weighted by Crippen LogP contribution is -2.42. The summed E-state index contributed by atoms with van der Waals surface area (Å²) >= 11 is 0. The van der Waals surface area contributed by atoms with Gasteiger partial charge in [0.1, 0.15) is 0 Å². The van der Waals surface area contributed by atoms with Gasteiger partial charge in [0.25, 0.3) is 0 Å². The molecule has 0 spiro atoms. The third-order valence-electron chi connectivity index (χ3n) is 3.57. The molecule has 0 saturated carbocycles. The summed E-state index contributed by atoms with van der Waals surface area (Å²) in [4.78, 5) is 12.0. The van der Waals surface area contributed by atoms with Gasteiger partial charge in [-0.1, -0.05) is 30.3 Å². The molecule has 0 aliphatic carbocycles. The van der Waals surface area contributed by atoms with E-state index in [1.54, 1.807) is 0 Å². The van der Waals surface area contributed by atoms with E-state index in [1.165, 1.54) is 5.56 Å². The van der Waals surface area contributed by atoms with Gasteiger partial charge in [0.15, 0.2) is 0 Å². The van der Waals surface area contributed by atoms with Crippen molar-refractivity contribution in [1.82, 2.24) is 10.6 Å². The van der Waals surface area contributed by atoms with Crippen LogP contribution in [0.25, 0.3) is 0 Å². The maximum absolute atomic E-state index is 12.0. The Bertz CT molecular complexity index is 394. The molecule has 4 heteroatoms. The Kier molecular flexibility index (Phi) is 5.36. The zero-order valence-electron chi connectivity index (χ0n) is 11.4. The van der Waals surface area contributed by atoms with E-state index >= 15 is 0 Å². The average molecular weight is 262 g/mol. The number of amides is 1. The minimum absolute atomic E-state index is 0.0540. The van der Waals surface area contributed by atoms with Crippen LogP contribution >= 0.6 is 0 Å². The number of hydrogen-bond acceptors (Lipinski definition) is 3. The molecule has 0 radical (unpaired) electrons. The summed E-state index contributed by atoms with van der Waals surface area (Å²) in [6.07, 6.45) is 1.96. The number of carbonyl (C=O) groups excluding carboxylic acids is 1. The van der Waals surface area contributed by atoms with Crippen LogP contribution in [0.4, 0.5) is 0 Å². The van der Waals surface area contributed by atoms with Crippen molar-refractivity contribution in [2.75, 3.05) is 26.8 Å². The van der Waals surface area contributed by atoms with Crippen LogP contribution < -0.4 is 10.6 Å². The molecule has 2 unspecified atom stereocenters. The Hall–Kier alpha value is -1.39. The van der Waals surface area contributed by atoms with Gasteiger partial charge in [0, 0.05) is 12.6 Å². The molecule has 0 aromatic heterocycles. The van der Waals surface area contributed by atoms with Gasteiger partial charge in [-0.15, -0.1) is 0 Å². The fraction of sp³-hybridized carbons (Fsp3) is 0.533. The fourth-order valence-corrected chi connectivity index (χ4v) is 2.38. The van der Waals surface area contributed by atoms with Gasteiger partial charge in [-0.3, -0.25) is 4.79 Å². The summed E-state index contributed by atoms with van der Waals surface area (Å²) in [6.45, 7) is 1.87. The number of hydrogen-bond donors (Lipinski definition) is 2. The molecule has 1 aromatic rings. The molecular formula is C15H22N2O2. The Morgan fingerprint density at radius 1 is 1.32 bits per heavy atom. The minimum Gasteiger partial charge on any atom is -0.379 e. The molecule has 1 aliphatic rings. The highest BCUT2D eigenvalue weighted by atomic mass is 16.5. The molecule has 19 heavy (non-hydrogen) atoms. The second kappa shape index (κ2) is 7.26. The van der Waals surface area contributed by atoms with Crippen molar-refractivity contribution in [1.29, 1.82) is 0 Å². The maximum Gasteiger partial charge on any atom is 0.227 e. The van der Waals surface area contributed by atoms with Crippen LogP contribution in [0.15, 0.2) is 30.3 Å². The van der Waals surface area contributed by atoms with E-state index in [0.717, 1.165) is 19.4 Å². The molecule has 1 fully saturated rings. The number of ether oxygens (including phenoxy) is 1. The van der Waals surface area contributed by atoms with Gasteiger partial charge in [-0.2, -0.15) is 0 Å². The molecule has 1 amide bonds. The number of carbonyl (C=O) groups is 1. The van der Waals surface area contributed by atoms with Crippen molar-refractivity contribution in [3.63, 3.8) is 0 Å². The highest BCUT2D eigenvalue weighted by molar-refractivity contribution is 5.79. The van der Waals surface area contributed by atoms with Crippen LogP contribution in [0.3, 0.4) is 0 Å². The van der Waals surface area contributed by atoms with Gasteiger partial charge in [0.2, 0.25) is 5.91 Å². The lowest BCUT2D eigenvalue weighted by molar-refractivity contribution is -0.125. The van der Waals surface area contributed by atoms with Crippen molar-refractivity contribution in [2.45, 2.75) is 18.9 Å². The minimum atomic E-state index is -0.0540. The van der Waals surface area contributed by atoms with Crippen LogP contribution in [0.5, 0.6) is 0 Å². The number of benzene rings is 1. The van der Waals surface area contributed by atoms with Crippen molar-refractivity contribution >= 4 is 5.91 Å². The molecule has 2 N–H and O–H groups in total. The largest absolute Gasteiger partial charge is 0.379 e. The highest BCUT2D eigenvalue weighted by Gasteiger charge is 2.32. The summed E-state index contributed by atoms with van der Waals surface area (Å²) in [7, 11) is 1.87. The van der Waals surface area contributed by atoms with E-state index in [0.29, 0.717) is 13.2 Å². The van der Waals surface area contributed by atoms with Gasteiger partial charge >= 0.3 is 0 Å². The zero-order valence-corrected chi connectivity index (χ0v) is 11.4. The topological polar surface area (TPSA) is 50.4 Å². The summed E-state index contributed by atoms with van der Waals surface area (Å²) < 4.78 is 5.33. The maximum atomic E-state index is 12.0. The number of rotatable bonds is 6. The van der Waals surface area contributed by atoms with E-state index in [9.17, 15) is 4.79 Å². The number of likely N-dealkylation sites (N-methyl/N-ethyl adjacent to an activating group) is 1. The molecule has 1 aliphatic heterocycles. The first-order valence-corrected chi connectivity index (χ1v) is 6.88. The monoisotopic (exact) mass is 262 g/mol. The third kappa shape index (κ3) is 4.04. The average Bonchev–Trinajstić information content (AvgIpc) is 2.93. The first-order valence-electron chi connectivity index (χ1n) is 6.88. The predicted molar refractivity (Wildman–Crippen MR) is 74.9 cm³/mol. The molecule has 104 valence electrons. The van der Waals surface area contributed by atoms with Crippen molar-refractivity contribution in [2.24, 2.45) is 5.92 Å². The van der Waals surface area contributed by atoms with Crippen LogP contribution in [-0.4, -0.2) is 38.8 Å². The van der Waals surface area contributed by atoms with E-state index in [-0.39, 0.29) is 17.9 Å².